The van der Waals surface area contributed by atoms with E-state index >= 15 is 0 Å². The Labute approximate surface area is 272 Å². The molecule has 220 valence electrons. The summed E-state index contributed by atoms with van der Waals surface area (Å²) in [6, 6.07) is 56.2. The maximum absolute atomic E-state index is 6.40. The first-order chi connectivity index (χ1) is 23.3. The highest BCUT2D eigenvalue weighted by Gasteiger charge is 2.22. The van der Waals surface area contributed by atoms with Crippen LogP contribution in [0, 0.1) is 0 Å². The minimum Gasteiger partial charge on any atom is -0.456 e. The molecule has 0 N–H and O–H groups in total. The van der Waals surface area contributed by atoms with Gasteiger partial charge in [0.15, 0.2) is 17.5 Å². The number of fused-ring (bicyclic) bond motifs is 2. The molecule has 1 aromatic heterocycles. The van der Waals surface area contributed by atoms with Crippen molar-refractivity contribution in [1.82, 2.24) is 15.0 Å². The van der Waals surface area contributed by atoms with Crippen LogP contribution in [-0.4, -0.2) is 15.0 Å². The fourth-order valence-electron chi connectivity index (χ4n) is 6.54. The largest absolute Gasteiger partial charge is 0.456 e. The highest BCUT2D eigenvalue weighted by Crippen LogP contribution is 2.47. The van der Waals surface area contributed by atoms with Crippen LogP contribution >= 0.6 is 0 Å². The van der Waals surface area contributed by atoms with Gasteiger partial charge in [-0.15, -0.1) is 0 Å². The van der Waals surface area contributed by atoms with Gasteiger partial charge >= 0.3 is 0 Å². The lowest BCUT2D eigenvalue weighted by atomic mass is 9.93. The molecule has 0 aliphatic carbocycles. The maximum Gasteiger partial charge on any atom is 0.164 e. The monoisotopic (exact) mass is 601 g/mol. The molecule has 47 heavy (non-hydrogen) atoms. The summed E-state index contributed by atoms with van der Waals surface area (Å²) in [5.74, 6) is 3.53. The van der Waals surface area contributed by atoms with E-state index in [2.05, 4.69) is 115 Å². The van der Waals surface area contributed by atoms with Crippen molar-refractivity contribution in [3.05, 3.63) is 164 Å². The first-order valence-electron chi connectivity index (χ1n) is 15.7. The predicted octanol–water partition coefficient (Wildman–Crippen LogP) is 11.1. The molecule has 4 nitrogen and oxygen atoms in total. The smallest absolute Gasteiger partial charge is 0.164 e. The first kappa shape index (κ1) is 27.0. The van der Waals surface area contributed by atoms with Crippen LogP contribution in [0.5, 0.6) is 11.5 Å². The number of nitrogens with zero attached hydrogens (tertiary/aromatic N) is 3. The molecule has 1 aliphatic heterocycles. The van der Waals surface area contributed by atoms with E-state index < -0.39 is 0 Å². The Morgan fingerprint density at radius 1 is 0.319 bits per heavy atom. The molecular weight excluding hydrogens is 574 g/mol. The number of ether oxygens (including phenoxy) is 1. The summed E-state index contributed by atoms with van der Waals surface area (Å²) in [4.78, 5) is 15.5. The molecule has 9 rings (SSSR count). The summed E-state index contributed by atoms with van der Waals surface area (Å²) >= 11 is 0. The van der Waals surface area contributed by atoms with Crippen molar-refractivity contribution in [3.8, 4) is 79.0 Å². The van der Waals surface area contributed by atoms with Gasteiger partial charge in [0.1, 0.15) is 11.5 Å². The molecular formula is C43H27N3O. The molecule has 4 heteroatoms. The van der Waals surface area contributed by atoms with E-state index in [1.807, 2.05) is 48.5 Å². The summed E-state index contributed by atoms with van der Waals surface area (Å²) in [6.45, 7) is 0. The first-order valence-corrected chi connectivity index (χ1v) is 15.7. The third kappa shape index (κ3) is 4.75. The summed E-state index contributed by atoms with van der Waals surface area (Å²) in [5.41, 5.74) is 9.28. The van der Waals surface area contributed by atoms with Gasteiger partial charge in [0, 0.05) is 27.6 Å². The zero-order valence-electron chi connectivity index (χ0n) is 25.3. The topological polar surface area (TPSA) is 47.9 Å². The molecule has 0 spiro atoms. The van der Waals surface area contributed by atoms with Crippen molar-refractivity contribution < 1.29 is 4.74 Å². The second-order valence-corrected chi connectivity index (χ2v) is 11.6. The molecule has 1 aliphatic rings. The van der Waals surface area contributed by atoms with Crippen LogP contribution in [0.25, 0.3) is 78.3 Å². The van der Waals surface area contributed by atoms with E-state index in [1.54, 1.807) is 0 Å². The molecule has 0 amide bonds. The van der Waals surface area contributed by atoms with Crippen molar-refractivity contribution in [2.45, 2.75) is 0 Å². The second-order valence-electron chi connectivity index (χ2n) is 11.6. The third-order valence-electron chi connectivity index (χ3n) is 8.76. The lowest BCUT2D eigenvalue weighted by Gasteiger charge is -2.21. The van der Waals surface area contributed by atoms with Crippen LogP contribution in [0.1, 0.15) is 0 Å². The lowest BCUT2D eigenvalue weighted by Crippen LogP contribution is -2.03. The van der Waals surface area contributed by atoms with E-state index in [0.29, 0.717) is 17.5 Å². The molecule has 8 aromatic rings. The van der Waals surface area contributed by atoms with Gasteiger partial charge in [0.2, 0.25) is 0 Å². The Balaban J connectivity index is 1.27. The van der Waals surface area contributed by atoms with E-state index in [0.717, 1.165) is 72.3 Å². The standard InChI is InChI=1S/C43H27N3O/c1-3-13-28(14-4-1)32-19-7-9-21-35(32)42-44-41(45-43(46-42)36-22-10-8-20-33(36)29-15-5-2-6-16-29)31-25-26-38-37(27-31)34-23-11-17-30-18-12-24-39(47-38)40(30)34/h1-27H. The molecule has 0 bridgehead atoms. The number of hydrogen-bond donors (Lipinski definition) is 0. The summed E-state index contributed by atoms with van der Waals surface area (Å²) in [6.07, 6.45) is 0. The minimum absolute atomic E-state index is 0.601. The quantitative estimate of drug-likeness (QED) is 0.197. The average molecular weight is 602 g/mol. The fourth-order valence-corrected chi connectivity index (χ4v) is 6.54. The van der Waals surface area contributed by atoms with Crippen molar-refractivity contribution >= 4 is 10.8 Å². The second kappa shape index (κ2) is 11.2. The highest BCUT2D eigenvalue weighted by atomic mass is 16.5. The van der Waals surface area contributed by atoms with Gasteiger partial charge in [-0.05, 0) is 57.5 Å². The zero-order chi connectivity index (χ0) is 31.2. The maximum atomic E-state index is 6.40. The van der Waals surface area contributed by atoms with Crippen molar-refractivity contribution in [1.29, 1.82) is 0 Å². The number of benzene rings is 7. The molecule has 2 heterocycles. The van der Waals surface area contributed by atoms with Gasteiger partial charge in [-0.2, -0.15) is 0 Å². The molecule has 7 aromatic carbocycles. The third-order valence-corrected chi connectivity index (χ3v) is 8.76. The SMILES string of the molecule is c1ccc(-c2ccccc2-c2nc(-c3ccc4c(c3)-c3cccc5cccc(c35)O4)nc(-c3ccccc3-c3ccccc3)n2)cc1. The Morgan fingerprint density at radius 3 is 1.45 bits per heavy atom. The number of rotatable bonds is 5. The van der Waals surface area contributed by atoms with Gasteiger partial charge < -0.3 is 4.74 Å². The Kier molecular flexibility index (Phi) is 6.43. The van der Waals surface area contributed by atoms with Gasteiger partial charge in [0.25, 0.3) is 0 Å². The molecule has 0 radical (unpaired) electrons. The Bertz CT molecular complexity index is 2330. The summed E-state index contributed by atoms with van der Waals surface area (Å²) in [7, 11) is 0. The normalized spacial score (nSPS) is 11.6. The Morgan fingerprint density at radius 2 is 0.830 bits per heavy atom. The summed E-state index contributed by atoms with van der Waals surface area (Å²) in [5, 5.41) is 2.26. The van der Waals surface area contributed by atoms with Crippen molar-refractivity contribution in [3.63, 3.8) is 0 Å². The van der Waals surface area contributed by atoms with Crippen LogP contribution in [0.3, 0.4) is 0 Å². The van der Waals surface area contributed by atoms with Gasteiger partial charge in [-0.3, -0.25) is 0 Å². The van der Waals surface area contributed by atoms with Gasteiger partial charge in [-0.25, -0.2) is 15.0 Å². The van der Waals surface area contributed by atoms with Crippen LogP contribution in [0.15, 0.2) is 164 Å². The van der Waals surface area contributed by atoms with Crippen molar-refractivity contribution in [2.24, 2.45) is 0 Å². The molecule has 0 saturated carbocycles. The van der Waals surface area contributed by atoms with Crippen LogP contribution in [-0.2, 0) is 0 Å². The van der Waals surface area contributed by atoms with Gasteiger partial charge in [0.05, 0.1) is 0 Å². The van der Waals surface area contributed by atoms with Gasteiger partial charge in [-0.1, -0.05) is 140 Å². The average Bonchev–Trinajstić information content (AvgIpc) is 3.15. The number of hydrogen-bond acceptors (Lipinski definition) is 4. The summed E-state index contributed by atoms with van der Waals surface area (Å²) < 4.78 is 6.40. The van der Waals surface area contributed by atoms with E-state index in [-0.39, 0.29) is 0 Å². The zero-order valence-corrected chi connectivity index (χ0v) is 25.3. The minimum atomic E-state index is 0.601. The van der Waals surface area contributed by atoms with E-state index in [4.69, 9.17) is 19.7 Å². The molecule has 0 unspecified atom stereocenters. The predicted molar refractivity (Wildman–Crippen MR) is 190 cm³/mol. The molecule has 0 fully saturated rings. The Hall–Kier alpha value is -6.39. The van der Waals surface area contributed by atoms with Crippen LogP contribution < -0.4 is 4.74 Å². The highest BCUT2D eigenvalue weighted by molar-refractivity contribution is 6.04. The lowest BCUT2D eigenvalue weighted by molar-refractivity contribution is 0.487. The van der Waals surface area contributed by atoms with Crippen LogP contribution in [0.2, 0.25) is 0 Å². The van der Waals surface area contributed by atoms with E-state index in [9.17, 15) is 0 Å². The molecule has 0 atom stereocenters. The van der Waals surface area contributed by atoms with Crippen LogP contribution in [0.4, 0.5) is 0 Å². The van der Waals surface area contributed by atoms with Crippen molar-refractivity contribution in [2.75, 3.05) is 0 Å². The number of aromatic nitrogens is 3. The van der Waals surface area contributed by atoms with E-state index in [1.165, 1.54) is 0 Å². The fraction of sp³-hybridized carbons (Fsp3) is 0. The molecule has 0 saturated heterocycles.